The molecule has 1 saturated carbocycles. The molecule has 2 aromatic carbocycles. The summed E-state index contributed by atoms with van der Waals surface area (Å²) in [5.74, 6) is -1.85. The molecule has 0 bridgehead atoms. The Hall–Kier alpha value is -3.10. The van der Waals surface area contributed by atoms with E-state index in [1.165, 1.54) is 52.9 Å². The van der Waals surface area contributed by atoms with Crippen molar-refractivity contribution in [3.8, 4) is 5.69 Å². The van der Waals surface area contributed by atoms with Crippen LogP contribution >= 0.6 is 22.6 Å². The molecule has 1 fully saturated rings. The Labute approximate surface area is 279 Å². The van der Waals surface area contributed by atoms with E-state index in [4.69, 9.17) is 10.5 Å². The van der Waals surface area contributed by atoms with Crippen molar-refractivity contribution in [3.05, 3.63) is 99.5 Å². The summed E-state index contributed by atoms with van der Waals surface area (Å²) in [6.45, 7) is 1.53. The van der Waals surface area contributed by atoms with Crippen LogP contribution < -0.4 is 22.1 Å². The van der Waals surface area contributed by atoms with Gasteiger partial charge in [0.25, 0.3) is 11.5 Å². The van der Waals surface area contributed by atoms with Crippen LogP contribution in [-0.4, -0.2) is 45.4 Å². The number of hydrogen-bond donors (Lipinski definition) is 3. The van der Waals surface area contributed by atoms with Crippen molar-refractivity contribution in [1.29, 1.82) is 5.41 Å². The number of benzene rings is 2. The van der Waals surface area contributed by atoms with E-state index in [-0.39, 0.29) is 72.6 Å². The van der Waals surface area contributed by atoms with Crippen LogP contribution in [0.4, 0.5) is 15.9 Å². The molecule has 0 unspecified atom stereocenters. The van der Waals surface area contributed by atoms with Crippen LogP contribution in [0.25, 0.3) is 21.9 Å². The van der Waals surface area contributed by atoms with Crippen molar-refractivity contribution in [1.82, 2.24) is 19.0 Å². The van der Waals surface area contributed by atoms with E-state index >= 15 is 0 Å². The fourth-order valence-electron chi connectivity index (χ4n) is 4.44. The number of nitrogens with one attached hydrogen (secondary N) is 2. The number of aliphatic hydroxyl groups excluding tert-OH is 1. The van der Waals surface area contributed by atoms with E-state index < -0.39 is 28.4 Å². The number of nitrogens with zero attached hydrogens (tertiary/aromatic N) is 4. The summed E-state index contributed by atoms with van der Waals surface area (Å²) in [4.78, 5) is 53.2. The molecule has 0 saturated heterocycles. The number of aromatic nitrogens is 3. The Morgan fingerprint density at radius 3 is 2.38 bits per heavy atom. The maximum atomic E-state index is 14.8. The zero-order valence-electron chi connectivity index (χ0n) is 22.8. The van der Waals surface area contributed by atoms with Gasteiger partial charge in [0.2, 0.25) is 0 Å². The van der Waals surface area contributed by atoms with Crippen LogP contribution in [-0.2, 0) is 39.8 Å². The summed E-state index contributed by atoms with van der Waals surface area (Å²) in [6, 6.07) is 10.5. The number of halogens is 2. The zero-order valence-corrected chi connectivity index (χ0v) is 27.8. The van der Waals surface area contributed by atoms with Gasteiger partial charge in [0.1, 0.15) is 11.6 Å². The summed E-state index contributed by atoms with van der Waals surface area (Å²) in [5.41, 5.74) is -0.893. The monoisotopic (exact) mass is 758 g/mol. The van der Waals surface area contributed by atoms with Gasteiger partial charge in [-0.2, -0.15) is 0 Å². The van der Waals surface area contributed by atoms with Crippen LogP contribution in [0.3, 0.4) is 0 Å². The van der Waals surface area contributed by atoms with E-state index in [1.807, 2.05) is 22.6 Å². The van der Waals surface area contributed by atoms with Crippen molar-refractivity contribution in [2.45, 2.75) is 25.8 Å². The molecule has 5 rings (SSSR count). The van der Waals surface area contributed by atoms with Gasteiger partial charge < -0.3 is 20.3 Å². The molecule has 11 nitrogen and oxygen atoms in total. The van der Waals surface area contributed by atoms with Crippen LogP contribution in [0, 0.1) is 21.7 Å². The maximum absolute atomic E-state index is 14.8. The minimum Gasteiger partial charge on any atom is -0.507 e. The Bertz CT molecular complexity index is 1900. The molecule has 0 spiro atoms. The number of pyridine rings is 1. The molecule has 42 heavy (non-hydrogen) atoms. The fraction of sp³-hybridized carbons (Fsp3) is 0.222. The van der Waals surface area contributed by atoms with Gasteiger partial charge in [-0.1, -0.05) is 19.2 Å². The molecule has 3 N–H and O–H groups in total. The van der Waals surface area contributed by atoms with Crippen LogP contribution in [0.1, 0.15) is 34.8 Å². The summed E-state index contributed by atoms with van der Waals surface area (Å²) in [5, 5.41) is 20.2. The maximum Gasteiger partial charge on any atom is 0.336 e. The standard InChI is InChI=1S/C26H23FIN5O4.CH2BNO.Y/c1-13-21-20(22(31(3)24(13)35)30-19-10-7-15(28)12-18(19)27)25(36)33(16-8-9-16)26(37)32(21)17-6-4-5-14(11-17)23(34)29-2;2-1(3)4;/h4-7,10-12,16H,8-9H2,1-3H3,(H2,29,30,34,35,36);(H2,3,4);/p-1. The normalized spacial score (nSPS) is 12.1. The fourth-order valence-corrected chi connectivity index (χ4v) is 4.89. The predicted molar refractivity (Wildman–Crippen MR) is 163 cm³/mol. The van der Waals surface area contributed by atoms with Gasteiger partial charge in [-0.3, -0.25) is 28.9 Å². The molecule has 15 heteroatoms. The van der Waals surface area contributed by atoms with E-state index in [9.17, 15) is 23.6 Å². The summed E-state index contributed by atoms with van der Waals surface area (Å²) >= 11 is 1.97. The second-order valence-electron chi connectivity index (χ2n) is 9.28. The number of aryl methyl sites for hydroxylation is 1. The number of amides is 1. The minimum atomic E-state index is -0.833. The average Bonchev–Trinajstić information content (AvgIpc) is 3.75. The van der Waals surface area contributed by atoms with E-state index in [1.54, 1.807) is 24.3 Å². The van der Waals surface area contributed by atoms with Crippen LogP contribution in [0.2, 0.25) is 0 Å². The first-order valence-electron chi connectivity index (χ1n) is 12.3. The second-order valence-corrected chi connectivity index (χ2v) is 10.5. The number of hydrogen-bond acceptors (Lipinski definition) is 5. The van der Waals surface area contributed by atoms with Crippen molar-refractivity contribution >= 4 is 64.5 Å². The van der Waals surface area contributed by atoms with Crippen molar-refractivity contribution < 1.29 is 47.0 Å². The summed E-state index contributed by atoms with van der Waals surface area (Å²) in [6.07, 6.45) is 1.31. The first kappa shape index (κ1) is 33.4. The van der Waals surface area contributed by atoms with E-state index in [0.29, 0.717) is 27.7 Å². The average molecular weight is 758 g/mol. The predicted octanol–water partition coefficient (Wildman–Crippen LogP) is 3.58. The first-order chi connectivity index (χ1) is 19.4. The van der Waals surface area contributed by atoms with Gasteiger partial charge in [0.05, 0.1) is 16.6 Å². The zero-order chi connectivity index (χ0) is 30.2. The van der Waals surface area contributed by atoms with Gasteiger partial charge in [-0.15, -0.1) is 0 Å². The van der Waals surface area contributed by atoms with Gasteiger partial charge in [-0.05, 0) is 84.2 Å². The molecule has 213 valence electrons. The third kappa shape index (κ3) is 6.60. The third-order valence-corrected chi connectivity index (χ3v) is 7.13. The number of carbonyl (C=O) groups is 1. The molecule has 1 aliphatic rings. The first-order valence-corrected chi connectivity index (χ1v) is 13.4. The second kappa shape index (κ2) is 13.5. The van der Waals surface area contributed by atoms with Gasteiger partial charge in [0, 0.05) is 60.5 Å². The van der Waals surface area contributed by atoms with Gasteiger partial charge in [-0.25, -0.2) is 9.18 Å². The largest absolute Gasteiger partial charge is 0.507 e. The molecular formula is C27H24BFIN6O5Y-. The number of fused-ring (bicyclic) bond motifs is 1. The Morgan fingerprint density at radius 2 is 1.81 bits per heavy atom. The van der Waals surface area contributed by atoms with Crippen molar-refractivity contribution in [3.63, 3.8) is 0 Å². The molecule has 2 heterocycles. The Morgan fingerprint density at radius 1 is 1.17 bits per heavy atom. The SMILES string of the molecule is CNC(=O)c1cccc(-n2c(=O)n(C3CC3)c(=O)c3c([N-]c4ccc(I)cc4F)n(C)c(=O)c(C)c32)c1.[B]C(=N)O.[Y]. The van der Waals surface area contributed by atoms with Gasteiger partial charge >= 0.3 is 5.69 Å². The topological polar surface area (TPSA) is 153 Å². The van der Waals surface area contributed by atoms with Crippen LogP contribution in [0.15, 0.2) is 56.8 Å². The quantitative estimate of drug-likeness (QED) is 0.123. The number of aliphatic hydroxyl groups is 1. The molecule has 4 aromatic rings. The molecule has 0 aliphatic heterocycles. The summed E-state index contributed by atoms with van der Waals surface area (Å²) < 4.78 is 19.1. The molecule has 2 aromatic heterocycles. The molecule has 1 aliphatic carbocycles. The summed E-state index contributed by atoms with van der Waals surface area (Å²) in [7, 11) is 7.20. The van der Waals surface area contributed by atoms with Gasteiger partial charge in [0.15, 0.2) is 13.4 Å². The molecular weight excluding hydrogens is 734 g/mol. The molecule has 1 amide bonds. The van der Waals surface area contributed by atoms with E-state index in [2.05, 4.69) is 18.5 Å². The smallest absolute Gasteiger partial charge is 0.336 e. The minimum absolute atomic E-state index is 0. The number of carbonyl (C=O) groups excluding carboxylic acids is 1. The van der Waals surface area contributed by atoms with Crippen molar-refractivity contribution in [2.75, 3.05) is 7.05 Å². The Kier molecular flexibility index (Phi) is 10.7. The third-order valence-electron chi connectivity index (χ3n) is 6.45. The molecule has 3 radical (unpaired) electrons. The van der Waals surface area contributed by atoms with Crippen LogP contribution in [0.5, 0.6) is 0 Å². The van der Waals surface area contributed by atoms with E-state index in [0.717, 1.165) is 0 Å². The Balaban J connectivity index is 0.000000911. The number of rotatable bonds is 5. The van der Waals surface area contributed by atoms with Crippen molar-refractivity contribution in [2.24, 2.45) is 7.05 Å². The molecule has 0 atom stereocenters.